The van der Waals surface area contributed by atoms with Gasteiger partial charge >= 0.3 is 0 Å². The molecule has 90 valence electrons. The van der Waals surface area contributed by atoms with Crippen LogP contribution in [0.3, 0.4) is 0 Å². The predicted molar refractivity (Wildman–Crippen MR) is 63.0 cm³/mol. The number of anilines is 1. The van der Waals surface area contributed by atoms with Crippen molar-refractivity contribution in [3.05, 3.63) is 29.1 Å². The Kier molecular flexibility index (Phi) is 3.15. The van der Waals surface area contributed by atoms with E-state index in [0.717, 1.165) is 5.56 Å². The van der Waals surface area contributed by atoms with E-state index in [-0.39, 0.29) is 11.5 Å². The normalized spacial score (nSPS) is 16.1. The minimum Gasteiger partial charge on any atom is -0.326 e. The van der Waals surface area contributed by atoms with Crippen molar-refractivity contribution in [1.82, 2.24) is 0 Å². The van der Waals surface area contributed by atoms with Crippen molar-refractivity contribution >= 4 is 29.0 Å². The van der Waals surface area contributed by atoms with Crippen molar-refractivity contribution in [2.24, 2.45) is 0 Å². The number of carbonyl (C=O) groups is 2. The van der Waals surface area contributed by atoms with Crippen LogP contribution in [-0.2, 0) is 11.2 Å². The number of halogens is 2. The summed E-state index contributed by atoms with van der Waals surface area (Å²) in [5.41, 5.74) is 1.20. The molecule has 2 rings (SSSR count). The number of rotatable bonds is 2. The Morgan fingerprint density at radius 3 is 2.82 bits per heavy atom. The van der Waals surface area contributed by atoms with Crippen molar-refractivity contribution in [3.8, 4) is 0 Å². The molecule has 5 heteroatoms. The number of Topliss-reactive ketones (excluding diaryl/α,β-unsaturated/α-hetero) is 1. The second-order valence-corrected chi connectivity index (χ2v) is 4.67. The van der Waals surface area contributed by atoms with Crippen LogP contribution < -0.4 is 5.32 Å². The summed E-state index contributed by atoms with van der Waals surface area (Å²) >= 11 is 5.66. The molecule has 1 aromatic carbocycles. The van der Waals surface area contributed by atoms with Crippen LogP contribution in [0.5, 0.6) is 0 Å². The maximum absolute atomic E-state index is 13.7. The zero-order chi connectivity index (χ0) is 12.6. The third kappa shape index (κ3) is 2.31. The van der Waals surface area contributed by atoms with Gasteiger partial charge < -0.3 is 5.32 Å². The van der Waals surface area contributed by atoms with Gasteiger partial charge in [0, 0.05) is 12.1 Å². The summed E-state index contributed by atoms with van der Waals surface area (Å²) in [6.45, 7) is 1.50. The molecule has 0 saturated carbocycles. The number of aryl methyl sites for hydroxylation is 1. The largest absolute Gasteiger partial charge is 0.326 e. The number of hydrogen-bond donors (Lipinski definition) is 1. The van der Waals surface area contributed by atoms with Crippen LogP contribution in [0.4, 0.5) is 10.1 Å². The average molecular weight is 256 g/mol. The highest BCUT2D eigenvalue weighted by molar-refractivity contribution is 6.33. The van der Waals surface area contributed by atoms with E-state index >= 15 is 0 Å². The quantitative estimate of drug-likeness (QED) is 0.652. The lowest BCUT2D eigenvalue weighted by Crippen LogP contribution is -2.21. The molecular weight excluding hydrogens is 245 g/mol. The highest BCUT2D eigenvalue weighted by Gasteiger charge is 2.22. The molecule has 1 N–H and O–H groups in total. The van der Waals surface area contributed by atoms with E-state index in [1.807, 2.05) is 0 Å². The van der Waals surface area contributed by atoms with Gasteiger partial charge in [-0.2, -0.15) is 0 Å². The molecule has 0 radical (unpaired) electrons. The van der Waals surface area contributed by atoms with E-state index in [0.29, 0.717) is 18.5 Å². The van der Waals surface area contributed by atoms with Gasteiger partial charge in [-0.25, -0.2) is 4.39 Å². The lowest BCUT2D eigenvalue weighted by atomic mass is 9.97. The summed E-state index contributed by atoms with van der Waals surface area (Å²) in [5, 5.41) is 1.81. The number of fused-ring (bicyclic) bond motifs is 1. The van der Waals surface area contributed by atoms with Gasteiger partial charge in [0.25, 0.3) is 0 Å². The molecule has 0 aliphatic carbocycles. The van der Waals surface area contributed by atoms with Crippen LogP contribution in [-0.4, -0.2) is 17.1 Å². The first-order valence-corrected chi connectivity index (χ1v) is 5.73. The smallest absolute Gasteiger partial charge is 0.224 e. The van der Waals surface area contributed by atoms with Crippen molar-refractivity contribution in [1.29, 1.82) is 0 Å². The molecular formula is C12H11ClFNO2. The second kappa shape index (κ2) is 4.45. The number of ketones is 1. The number of benzene rings is 1. The van der Waals surface area contributed by atoms with Gasteiger partial charge in [-0.3, -0.25) is 9.59 Å². The molecule has 1 aliphatic heterocycles. The van der Waals surface area contributed by atoms with Crippen LogP contribution in [0.25, 0.3) is 0 Å². The molecule has 1 aromatic rings. The van der Waals surface area contributed by atoms with Crippen LogP contribution >= 0.6 is 11.6 Å². The van der Waals surface area contributed by atoms with Crippen molar-refractivity contribution in [3.63, 3.8) is 0 Å². The number of carbonyl (C=O) groups excluding carboxylic acids is 2. The molecule has 1 aliphatic rings. The van der Waals surface area contributed by atoms with Crippen molar-refractivity contribution < 1.29 is 14.0 Å². The van der Waals surface area contributed by atoms with Gasteiger partial charge in [-0.15, -0.1) is 11.6 Å². The first kappa shape index (κ1) is 12.0. The molecule has 3 nitrogen and oxygen atoms in total. The minimum atomic E-state index is -0.763. The second-order valence-electron chi connectivity index (χ2n) is 4.02. The van der Waals surface area contributed by atoms with Crippen LogP contribution in [0, 0.1) is 5.82 Å². The molecule has 1 unspecified atom stereocenters. The Morgan fingerprint density at radius 1 is 1.47 bits per heavy atom. The maximum Gasteiger partial charge on any atom is 0.224 e. The van der Waals surface area contributed by atoms with E-state index in [4.69, 9.17) is 11.6 Å². The highest BCUT2D eigenvalue weighted by Crippen LogP contribution is 2.26. The predicted octanol–water partition coefficient (Wildman–Crippen LogP) is 2.52. The van der Waals surface area contributed by atoms with Crippen LogP contribution in [0.1, 0.15) is 29.3 Å². The van der Waals surface area contributed by atoms with Crippen LogP contribution in [0.2, 0.25) is 0 Å². The first-order valence-electron chi connectivity index (χ1n) is 5.29. The summed E-state index contributed by atoms with van der Waals surface area (Å²) < 4.78 is 13.7. The van der Waals surface area contributed by atoms with Gasteiger partial charge in [-0.1, -0.05) is 0 Å². The number of alkyl halides is 1. The topological polar surface area (TPSA) is 46.2 Å². The fourth-order valence-corrected chi connectivity index (χ4v) is 1.92. The van der Waals surface area contributed by atoms with Gasteiger partial charge in [0.1, 0.15) is 5.82 Å². The Labute approximate surface area is 103 Å². The van der Waals surface area contributed by atoms with Crippen molar-refractivity contribution in [2.75, 3.05) is 5.32 Å². The van der Waals surface area contributed by atoms with Gasteiger partial charge in [0.05, 0.1) is 10.9 Å². The maximum atomic E-state index is 13.7. The molecule has 0 saturated heterocycles. The van der Waals surface area contributed by atoms with Gasteiger partial charge in [0.2, 0.25) is 5.91 Å². The minimum absolute atomic E-state index is 0.0117. The summed E-state index contributed by atoms with van der Waals surface area (Å²) in [4.78, 5) is 22.8. The number of nitrogens with one attached hydrogen (secondary N) is 1. The van der Waals surface area contributed by atoms with E-state index in [2.05, 4.69) is 5.32 Å². The SMILES string of the molecule is CC(Cl)C(=O)c1cc2c(cc1F)NC(=O)CC2. The van der Waals surface area contributed by atoms with Crippen LogP contribution in [0.15, 0.2) is 12.1 Å². The lowest BCUT2D eigenvalue weighted by Gasteiger charge is -2.18. The summed E-state index contributed by atoms with van der Waals surface area (Å²) in [7, 11) is 0. The molecule has 0 aromatic heterocycles. The molecule has 0 fully saturated rings. The Bertz CT molecular complexity index is 500. The summed E-state index contributed by atoms with van der Waals surface area (Å²) in [6.07, 6.45) is 0.862. The number of amides is 1. The molecule has 17 heavy (non-hydrogen) atoms. The average Bonchev–Trinajstić information content (AvgIpc) is 2.27. The van der Waals surface area contributed by atoms with E-state index in [1.165, 1.54) is 19.1 Å². The highest BCUT2D eigenvalue weighted by atomic mass is 35.5. The molecule has 1 amide bonds. The third-order valence-corrected chi connectivity index (χ3v) is 2.91. The lowest BCUT2D eigenvalue weighted by molar-refractivity contribution is -0.116. The molecule has 1 heterocycles. The van der Waals surface area contributed by atoms with Gasteiger partial charge in [-0.05, 0) is 31.0 Å². The zero-order valence-electron chi connectivity index (χ0n) is 9.22. The summed E-state index contributed by atoms with van der Waals surface area (Å²) in [6, 6.07) is 2.66. The van der Waals surface area contributed by atoms with E-state index < -0.39 is 17.0 Å². The summed E-state index contributed by atoms with van der Waals surface area (Å²) in [5.74, 6) is -1.23. The van der Waals surface area contributed by atoms with Gasteiger partial charge in [0.15, 0.2) is 5.78 Å². The zero-order valence-corrected chi connectivity index (χ0v) is 9.97. The Balaban J connectivity index is 2.44. The molecule has 0 spiro atoms. The molecule has 0 bridgehead atoms. The molecule has 1 atom stereocenters. The monoisotopic (exact) mass is 255 g/mol. The number of hydrogen-bond acceptors (Lipinski definition) is 2. The Hall–Kier alpha value is -1.42. The fourth-order valence-electron chi connectivity index (χ4n) is 1.81. The Morgan fingerprint density at radius 2 is 2.18 bits per heavy atom. The van der Waals surface area contributed by atoms with E-state index in [1.54, 1.807) is 0 Å². The first-order chi connectivity index (χ1) is 7.99. The van der Waals surface area contributed by atoms with E-state index in [9.17, 15) is 14.0 Å². The third-order valence-electron chi connectivity index (χ3n) is 2.72. The van der Waals surface area contributed by atoms with Crippen molar-refractivity contribution in [2.45, 2.75) is 25.1 Å². The fraction of sp³-hybridized carbons (Fsp3) is 0.333. The standard InChI is InChI=1S/C12H11ClFNO2/c1-6(13)12(17)8-4-7-2-3-11(16)15-10(7)5-9(8)14/h4-6H,2-3H2,1H3,(H,15,16).